The molecule has 4 rings (SSSR count). The number of hydrogen-bond donors (Lipinski definition) is 3. The first-order valence-corrected chi connectivity index (χ1v) is 12.1. The highest BCUT2D eigenvalue weighted by molar-refractivity contribution is 6.12. The fraction of sp³-hybridized carbons (Fsp3) is 0.321. The van der Waals surface area contributed by atoms with Gasteiger partial charge in [-0.15, -0.1) is 0 Å². The van der Waals surface area contributed by atoms with Crippen molar-refractivity contribution in [1.29, 1.82) is 5.26 Å². The second-order valence-electron chi connectivity index (χ2n) is 9.47. The fourth-order valence-corrected chi connectivity index (χ4v) is 4.55. The normalized spacial score (nSPS) is 17.9. The molecule has 0 radical (unpaired) electrons. The number of methoxy groups -OCH3 is 1. The molecule has 1 aromatic carbocycles. The van der Waals surface area contributed by atoms with Gasteiger partial charge in [-0.1, -0.05) is 38.1 Å². The van der Waals surface area contributed by atoms with E-state index in [1.165, 1.54) is 6.08 Å². The topological polar surface area (TPSA) is 136 Å². The minimum atomic E-state index is -0.880. The van der Waals surface area contributed by atoms with Crippen LogP contribution in [-0.4, -0.2) is 47.6 Å². The Kier molecular flexibility index (Phi) is 7.68. The van der Waals surface area contributed by atoms with Crippen LogP contribution in [0.15, 0.2) is 65.2 Å². The van der Waals surface area contributed by atoms with Gasteiger partial charge in [0.2, 0.25) is 5.91 Å². The molecule has 2 heterocycles. The number of amides is 3. The summed E-state index contributed by atoms with van der Waals surface area (Å²) in [5, 5.41) is 16.1. The minimum absolute atomic E-state index is 0.107. The van der Waals surface area contributed by atoms with Crippen molar-refractivity contribution in [2.24, 2.45) is 16.8 Å². The third-order valence-corrected chi connectivity index (χ3v) is 6.28. The van der Waals surface area contributed by atoms with Crippen molar-refractivity contribution in [1.82, 2.24) is 15.6 Å². The molecule has 1 aromatic heterocycles. The lowest BCUT2D eigenvalue weighted by Gasteiger charge is -2.25. The third kappa shape index (κ3) is 5.86. The van der Waals surface area contributed by atoms with Crippen LogP contribution in [-0.2, 0) is 9.59 Å². The number of allylic oxidation sites excluding steroid dienone is 4. The largest absolute Gasteiger partial charge is 0.496 e. The van der Waals surface area contributed by atoms with Crippen LogP contribution < -0.4 is 15.4 Å². The Balaban J connectivity index is 1.47. The Morgan fingerprint density at radius 3 is 2.78 bits per heavy atom. The third-order valence-electron chi connectivity index (χ3n) is 6.28. The van der Waals surface area contributed by atoms with Gasteiger partial charge in [0.15, 0.2) is 0 Å². The fourth-order valence-electron chi connectivity index (χ4n) is 4.55. The maximum atomic E-state index is 13.2. The van der Waals surface area contributed by atoms with E-state index in [2.05, 4.69) is 26.7 Å². The molecular weight excluding hydrogens is 470 g/mol. The lowest BCUT2D eigenvalue weighted by atomic mass is 9.85. The molecule has 0 spiro atoms. The van der Waals surface area contributed by atoms with Crippen LogP contribution in [0.25, 0.3) is 10.9 Å². The molecule has 0 saturated carbocycles. The molecule has 3 amide bonds. The van der Waals surface area contributed by atoms with E-state index in [0.29, 0.717) is 29.1 Å². The molecule has 9 nitrogen and oxygen atoms in total. The maximum Gasteiger partial charge on any atom is 0.269 e. The number of dihydropyridines is 1. The van der Waals surface area contributed by atoms with E-state index in [0.717, 1.165) is 10.9 Å². The molecule has 0 saturated heterocycles. The van der Waals surface area contributed by atoms with Crippen LogP contribution in [0.2, 0.25) is 0 Å². The van der Waals surface area contributed by atoms with Gasteiger partial charge in [-0.3, -0.25) is 14.4 Å². The summed E-state index contributed by atoms with van der Waals surface area (Å²) in [4.78, 5) is 45.5. The van der Waals surface area contributed by atoms with Crippen molar-refractivity contribution in [3.63, 3.8) is 0 Å². The van der Waals surface area contributed by atoms with E-state index in [9.17, 15) is 19.6 Å². The molecule has 0 bridgehead atoms. The van der Waals surface area contributed by atoms with E-state index in [4.69, 9.17) is 4.74 Å². The first-order valence-electron chi connectivity index (χ1n) is 12.1. The van der Waals surface area contributed by atoms with Gasteiger partial charge in [-0.25, -0.2) is 4.99 Å². The highest BCUT2D eigenvalue weighted by Gasteiger charge is 2.29. The van der Waals surface area contributed by atoms with Crippen LogP contribution in [0.5, 0.6) is 5.75 Å². The van der Waals surface area contributed by atoms with E-state index in [1.54, 1.807) is 31.4 Å². The molecule has 1 aliphatic carbocycles. The van der Waals surface area contributed by atoms with Gasteiger partial charge in [0.25, 0.3) is 11.8 Å². The van der Waals surface area contributed by atoms with E-state index in [-0.39, 0.29) is 24.2 Å². The molecule has 3 atom stereocenters. The van der Waals surface area contributed by atoms with Gasteiger partial charge in [0, 0.05) is 29.3 Å². The SMILES string of the molecule is COc1cccc2[nH]c(C(=O)N[C@@H](CC(C)C)C(=O)N[C@@H](C#N)CC3=CC(=O)N=C4C=CC=CC34)cc12. The average molecular weight is 500 g/mol. The zero-order chi connectivity index (χ0) is 26.5. The Hall–Kier alpha value is -4.45. The molecule has 2 aromatic rings. The Labute approximate surface area is 215 Å². The van der Waals surface area contributed by atoms with E-state index < -0.39 is 23.9 Å². The Bertz CT molecular complexity index is 1390. The van der Waals surface area contributed by atoms with Gasteiger partial charge in [-0.05, 0) is 42.2 Å². The zero-order valence-electron chi connectivity index (χ0n) is 20.9. The number of aromatic amines is 1. The number of aliphatic imine (C=N–C) groups is 1. The van der Waals surface area contributed by atoms with Crippen molar-refractivity contribution in [2.45, 2.75) is 38.8 Å². The summed E-state index contributed by atoms with van der Waals surface area (Å²) >= 11 is 0. The lowest BCUT2D eigenvalue weighted by molar-refractivity contribution is -0.123. The number of benzene rings is 1. The Morgan fingerprint density at radius 2 is 2.05 bits per heavy atom. The van der Waals surface area contributed by atoms with Gasteiger partial charge in [0.1, 0.15) is 23.5 Å². The van der Waals surface area contributed by atoms with Crippen LogP contribution in [0.4, 0.5) is 0 Å². The lowest BCUT2D eigenvalue weighted by Crippen LogP contribution is -2.50. The number of fused-ring (bicyclic) bond motifs is 2. The standard InChI is InChI=1S/C28H29N5O4/c1-16(2)11-23(33-28(36)24-14-20-22(31-24)9-6-10-25(20)37-3)27(35)30-18(15-29)12-17-13-26(34)32-21-8-5-4-7-19(17)21/h4-10,13-14,16,18-19,23,31H,11-12H2,1-3H3,(H,30,35)(H,33,36)/t18-,19?,23+/m1/s1. The van der Waals surface area contributed by atoms with Crippen LogP contribution in [0.1, 0.15) is 37.2 Å². The zero-order valence-corrected chi connectivity index (χ0v) is 20.9. The summed E-state index contributed by atoms with van der Waals surface area (Å²) in [6.45, 7) is 3.90. The van der Waals surface area contributed by atoms with Gasteiger partial charge in [-0.2, -0.15) is 5.26 Å². The molecule has 190 valence electrons. The first-order chi connectivity index (χ1) is 17.8. The maximum absolute atomic E-state index is 13.2. The second-order valence-corrected chi connectivity index (χ2v) is 9.47. The predicted octanol–water partition coefficient (Wildman–Crippen LogP) is 3.37. The van der Waals surface area contributed by atoms with Gasteiger partial charge >= 0.3 is 0 Å². The van der Waals surface area contributed by atoms with E-state index in [1.807, 2.05) is 38.1 Å². The summed E-state index contributed by atoms with van der Waals surface area (Å²) in [7, 11) is 1.56. The number of ether oxygens (including phenoxy) is 1. The van der Waals surface area contributed by atoms with E-state index >= 15 is 0 Å². The molecule has 0 fully saturated rings. The number of hydrogen-bond acceptors (Lipinski definition) is 5. The van der Waals surface area contributed by atoms with Crippen molar-refractivity contribution in [3.05, 3.63) is 65.9 Å². The molecule has 2 aliphatic rings. The number of H-pyrrole nitrogens is 1. The molecular formula is C28H29N5O4. The summed E-state index contributed by atoms with van der Waals surface area (Å²) in [5.41, 5.74) is 2.36. The first kappa shape index (κ1) is 25.6. The molecule has 3 N–H and O–H groups in total. The number of nitriles is 1. The van der Waals surface area contributed by atoms with Crippen LogP contribution in [0, 0.1) is 23.2 Å². The number of carbonyl (C=O) groups is 3. The summed E-state index contributed by atoms with van der Waals surface area (Å²) in [6.07, 6.45) is 9.31. The minimum Gasteiger partial charge on any atom is -0.496 e. The molecule has 37 heavy (non-hydrogen) atoms. The highest BCUT2D eigenvalue weighted by Crippen LogP contribution is 2.27. The van der Waals surface area contributed by atoms with Crippen molar-refractivity contribution < 1.29 is 19.1 Å². The number of carbonyl (C=O) groups excluding carboxylic acids is 3. The summed E-state index contributed by atoms with van der Waals surface area (Å²) in [5.74, 6) is -0.750. The molecule has 1 unspecified atom stereocenters. The van der Waals surface area contributed by atoms with Crippen LogP contribution >= 0.6 is 0 Å². The summed E-state index contributed by atoms with van der Waals surface area (Å²) < 4.78 is 5.36. The van der Waals surface area contributed by atoms with Crippen molar-refractivity contribution >= 4 is 34.3 Å². The summed E-state index contributed by atoms with van der Waals surface area (Å²) in [6, 6.07) is 7.52. The number of nitrogens with zero attached hydrogens (tertiary/aromatic N) is 2. The van der Waals surface area contributed by atoms with Crippen molar-refractivity contribution in [3.8, 4) is 11.8 Å². The quantitative estimate of drug-likeness (QED) is 0.486. The Morgan fingerprint density at radius 1 is 1.24 bits per heavy atom. The number of aromatic nitrogens is 1. The van der Waals surface area contributed by atoms with Crippen LogP contribution in [0.3, 0.4) is 0 Å². The van der Waals surface area contributed by atoms with Gasteiger partial charge in [0.05, 0.1) is 18.9 Å². The monoisotopic (exact) mass is 499 g/mol. The number of rotatable bonds is 9. The smallest absolute Gasteiger partial charge is 0.269 e. The van der Waals surface area contributed by atoms with Gasteiger partial charge < -0.3 is 20.4 Å². The molecule has 9 heteroatoms. The second kappa shape index (κ2) is 11.1. The highest BCUT2D eigenvalue weighted by atomic mass is 16.5. The predicted molar refractivity (Wildman–Crippen MR) is 140 cm³/mol. The number of nitrogens with one attached hydrogen (secondary N) is 3. The average Bonchev–Trinajstić information content (AvgIpc) is 3.32. The molecule has 1 aliphatic heterocycles. The van der Waals surface area contributed by atoms with Crippen molar-refractivity contribution in [2.75, 3.05) is 7.11 Å².